The maximum absolute atomic E-state index is 8.28. The average molecular weight is 734 g/mol. The first-order valence-corrected chi connectivity index (χ1v) is 19.1. The molecule has 0 saturated carbocycles. The van der Waals surface area contributed by atoms with Crippen LogP contribution in [0.2, 0.25) is 0 Å². The second kappa shape index (κ2) is 13.4. The molecule has 0 bridgehead atoms. The molecule has 0 N–H and O–H groups in total. The predicted molar refractivity (Wildman–Crippen MR) is 230 cm³/mol. The third-order valence-corrected chi connectivity index (χ3v) is 10.6. The predicted octanol–water partition coefficient (Wildman–Crippen LogP) is 12.6. The molecular formula is C51H46N4O. The molecule has 0 aliphatic rings. The summed E-state index contributed by atoms with van der Waals surface area (Å²) in [5.74, 6) is 1.98. The first-order chi connectivity index (χ1) is 28.1. The smallest absolute Gasteiger partial charge is 0.253 e. The maximum Gasteiger partial charge on any atom is 0.253 e. The Morgan fingerprint density at radius 1 is 0.661 bits per heavy atom. The van der Waals surface area contributed by atoms with E-state index in [2.05, 4.69) is 134 Å². The van der Waals surface area contributed by atoms with Gasteiger partial charge in [-0.15, -0.1) is 17.7 Å². The third kappa shape index (κ3) is 6.33. The van der Waals surface area contributed by atoms with Gasteiger partial charge in [0.25, 0.3) is 6.33 Å². The Kier molecular flexibility index (Phi) is 7.61. The highest BCUT2D eigenvalue weighted by Gasteiger charge is 2.22. The summed E-state index contributed by atoms with van der Waals surface area (Å²) in [6, 6.07) is 50.8. The lowest BCUT2D eigenvalue weighted by Crippen LogP contribution is -2.31. The van der Waals surface area contributed by atoms with Crippen molar-refractivity contribution in [2.75, 3.05) is 0 Å². The molecule has 56 heavy (non-hydrogen) atoms. The Morgan fingerprint density at radius 2 is 1.39 bits per heavy atom. The second-order valence-electron chi connectivity index (χ2n) is 16.6. The van der Waals surface area contributed by atoms with Crippen LogP contribution in [0.25, 0.3) is 61.2 Å². The van der Waals surface area contributed by atoms with Crippen LogP contribution in [0.1, 0.15) is 62.3 Å². The van der Waals surface area contributed by atoms with Crippen molar-refractivity contribution in [2.24, 2.45) is 0 Å². The van der Waals surface area contributed by atoms with Crippen LogP contribution in [0.15, 0.2) is 152 Å². The van der Waals surface area contributed by atoms with Crippen LogP contribution < -0.4 is 9.30 Å². The van der Waals surface area contributed by atoms with Gasteiger partial charge in [0.15, 0.2) is 11.0 Å². The van der Waals surface area contributed by atoms with Gasteiger partial charge in [0, 0.05) is 38.9 Å². The molecule has 5 heteroatoms. The van der Waals surface area contributed by atoms with Crippen molar-refractivity contribution < 1.29 is 13.4 Å². The molecule has 9 rings (SSSR count). The summed E-state index contributed by atoms with van der Waals surface area (Å²) < 4.78 is 38.0. The van der Waals surface area contributed by atoms with E-state index in [1.807, 2.05) is 72.8 Å². The van der Waals surface area contributed by atoms with E-state index in [-0.39, 0.29) is 16.4 Å². The summed E-state index contributed by atoms with van der Waals surface area (Å²) in [4.78, 5) is 4.77. The van der Waals surface area contributed by atoms with Gasteiger partial charge in [0.2, 0.25) is 0 Å². The molecule has 0 amide bonds. The van der Waals surface area contributed by atoms with Gasteiger partial charge in [-0.3, -0.25) is 4.57 Å². The number of para-hydroxylation sites is 3. The van der Waals surface area contributed by atoms with Crippen LogP contribution in [-0.4, -0.2) is 14.1 Å². The molecule has 9 aromatic rings. The van der Waals surface area contributed by atoms with E-state index in [0.29, 0.717) is 22.9 Å². The number of ether oxygens (including phenoxy) is 1. The lowest BCUT2D eigenvalue weighted by molar-refractivity contribution is -0.568. The van der Waals surface area contributed by atoms with Crippen molar-refractivity contribution in [3.63, 3.8) is 0 Å². The summed E-state index contributed by atoms with van der Waals surface area (Å²) in [5, 5.41) is 2.10. The Hall–Kier alpha value is -6.46. The topological polar surface area (TPSA) is 35.9 Å². The molecule has 6 aromatic carbocycles. The van der Waals surface area contributed by atoms with E-state index in [4.69, 9.17) is 13.8 Å². The van der Waals surface area contributed by atoms with Gasteiger partial charge in [-0.05, 0) is 82.9 Å². The Balaban J connectivity index is 1.13. The zero-order valence-electron chi connectivity index (χ0n) is 35.6. The zero-order valence-corrected chi connectivity index (χ0v) is 32.6. The average Bonchev–Trinajstić information content (AvgIpc) is 3.76. The Bertz CT molecular complexity index is 3000. The van der Waals surface area contributed by atoms with Gasteiger partial charge in [0.1, 0.15) is 23.0 Å². The molecule has 0 spiro atoms. The quantitative estimate of drug-likeness (QED) is 0.126. The summed E-state index contributed by atoms with van der Waals surface area (Å²) in [6.45, 7) is 11.2. The second-order valence-corrected chi connectivity index (χ2v) is 16.6. The maximum atomic E-state index is 8.28. The van der Waals surface area contributed by atoms with Crippen LogP contribution >= 0.6 is 0 Å². The number of aryl methyl sites for hydroxylation is 1. The molecule has 0 saturated heterocycles. The van der Waals surface area contributed by atoms with Crippen molar-refractivity contribution in [1.29, 1.82) is 0 Å². The van der Waals surface area contributed by atoms with Gasteiger partial charge in [-0.25, -0.2) is 9.55 Å². The lowest BCUT2D eigenvalue weighted by atomic mass is 9.80. The number of hydrogen-bond acceptors (Lipinski definition) is 2. The lowest BCUT2D eigenvalue weighted by Gasteiger charge is -2.31. The molecule has 0 fully saturated rings. The minimum atomic E-state index is -2.33. The number of aromatic nitrogens is 4. The summed E-state index contributed by atoms with van der Waals surface area (Å²) in [7, 11) is 0. The molecule has 0 radical (unpaired) electrons. The van der Waals surface area contributed by atoms with E-state index in [9.17, 15) is 0 Å². The van der Waals surface area contributed by atoms with Gasteiger partial charge in [0.05, 0.1) is 11.0 Å². The first-order valence-electron chi connectivity index (χ1n) is 20.6. The normalized spacial score (nSPS) is 13.2. The molecule has 276 valence electrons. The third-order valence-electron chi connectivity index (χ3n) is 10.6. The highest BCUT2D eigenvalue weighted by molar-refractivity contribution is 6.09. The van der Waals surface area contributed by atoms with E-state index in [0.717, 1.165) is 49.8 Å². The molecule has 3 aromatic heterocycles. The van der Waals surface area contributed by atoms with Gasteiger partial charge < -0.3 is 4.74 Å². The number of imidazole rings is 1. The first kappa shape index (κ1) is 31.8. The highest BCUT2D eigenvalue weighted by atomic mass is 16.5. The van der Waals surface area contributed by atoms with Crippen molar-refractivity contribution in [3.8, 4) is 39.8 Å². The molecule has 3 heterocycles. The van der Waals surface area contributed by atoms with Crippen LogP contribution in [0.4, 0.5) is 0 Å². The molecule has 0 unspecified atom stereocenters. The monoisotopic (exact) mass is 733 g/mol. The Morgan fingerprint density at radius 3 is 2.18 bits per heavy atom. The zero-order chi connectivity index (χ0) is 41.3. The number of fused-ring (bicyclic) bond motifs is 4. The van der Waals surface area contributed by atoms with Gasteiger partial charge in [-0.1, -0.05) is 108 Å². The van der Waals surface area contributed by atoms with E-state index >= 15 is 0 Å². The fraction of sp³-hybridized carbons (Fsp3) is 0.176. The number of nitrogens with zero attached hydrogens (tertiary/aromatic N) is 4. The number of pyridine rings is 1. The fourth-order valence-corrected chi connectivity index (χ4v) is 7.55. The molecule has 0 atom stereocenters. The highest BCUT2D eigenvalue weighted by Crippen LogP contribution is 2.37. The molecule has 0 aliphatic heterocycles. The van der Waals surface area contributed by atoms with Crippen LogP contribution in [-0.2, 0) is 10.8 Å². The largest absolute Gasteiger partial charge is 0.457 e. The SMILES string of the molecule is [2H]C([2H])([2H])c1cnc(-n2c3ccccc3c3ccc(Oc4cccc(-n5c[n+](-c6[c-]c(C(C)(C)C)cc(C(C)(C)C)c6)c6ccccc65)c4)cc32)cc1-c1ccccc1. The van der Waals surface area contributed by atoms with E-state index in [1.54, 1.807) is 0 Å². The van der Waals surface area contributed by atoms with Crippen LogP contribution in [0.5, 0.6) is 11.5 Å². The number of benzene rings is 6. The van der Waals surface area contributed by atoms with Gasteiger partial charge >= 0.3 is 0 Å². The summed E-state index contributed by atoms with van der Waals surface area (Å²) >= 11 is 0. The van der Waals surface area contributed by atoms with Crippen molar-refractivity contribution >= 4 is 32.8 Å². The number of hydrogen-bond donors (Lipinski definition) is 0. The summed E-state index contributed by atoms with van der Waals surface area (Å²) in [5.41, 5.74) is 9.97. The fourth-order valence-electron chi connectivity index (χ4n) is 7.55. The van der Waals surface area contributed by atoms with E-state index < -0.39 is 6.85 Å². The van der Waals surface area contributed by atoms with Crippen LogP contribution in [0, 0.1) is 12.9 Å². The van der Waals surface area contributed by atoms with Crippen LogP contribution in [0.3, 0.4) is 0 Å². The van der Waals surface area contributed by atoms with Gasteiger partial charge in [-0.2, -0.15) is 16.2 Å². The standard InChI is InChI=1S/C51H46N4O/c1-34-32-52-49(31-44(34)35-16-9-8-10-17-35)55-45-21-12-11-20-42(45)43-25-24-41(30-48(43)55)56-40-19-15-18-38(29-40)53-33-54(47-23-14-13-22-46(47)53)39-27-36(50(2,3)4)26-37(28-39)51(5,6)7/h8-27,29-33H,1-7H3/i1D3. The molecule has 5 nitrogen and oxygen atoms in total. The number of rotatable bonds is 6. The van der Waals surface area contributed by atoms with Crippen molar-refractivity contribution in [3.05, 3.63) is 175 Å². The molecule has 0 aliphatic carbocycles. The Labute approximate surface area is 333 Å². The van der Waals surface area contributed by atoms with Crippen molar-refractivity contribution in [2.45, 2.75) is 59.2 Å². The van der Waals surface area contributed by atoms with Crippen molar-refractivity contribution in [1.82, 2.24) is 14.1 Å². The minimum absolute atomic E-state index is 0.0300. The summed E-state index contributed by atoms with van der Waals surface area (Å²) in [6.07, 6.45) is 3.64. The molecular weight excluding hydrogens is 685 g/mol. The minimum Gasteiger partial charge on any atom is -0.457 e. The van der Waals surface area contributed by atoms with E-state index in [1.165, 1.54) is 17.3 Å².